The highest BCUT2D eigenvalue weighted by Gasteiger charge is 2.25. The summed E-state index contributed by atoms with van der Waals surface area (Å²) in [6.45, 7) is 2.48. The van der Waals surface area contributed by atoms with Crippen LogP contribution in [0.2, 0.25) is 0 Å². The summed E-state index contributed by atoms with van der Waals surface area (Å²) >= 11 is 7.60. The molecule has 0 aromatic carbocycles. The lowest BCUT2D eigenvalue weighted by Crippen LogP contribution is -2.34. The summed E-state index contributed by atoms with van der Waals surface area (Å²) in [5.74, 6) is 0.260. The van der Waals surface area contributed by atoms with Crippen LogP contribution in [-0.4, -0.2) is 20.3 Å². The van der Waals surface area contributed by atoms with E-state index in [1.54, 1.807) is 6.07 Å². The predicted octanol–water partition coefficient (Wildman–Crippen LogP) is 3.39. The van der Waals surface area contributed by atoms with E-state index in [0.29, 0.717) is 10.8 Å². The van der Waals surface area contributed by atoms with Gasteiger partial charge in [-0.15, -0.1) is 22.9 Å². The second kappa shape index (κ2) is 6.57. The van der Waals surface area contributed by atoms with Crippen LogP contribution < -0.4 is 4.72 Å². The lowest BCUT2D eigenvalue weighted by Gasteiger charge is -2.26. The molecule has 0 aliphatic heterocycles. The van der Waals surface area contributed by atoms with Gasteiger partial charge in [0.1, 0.15) is 4.21 Å². The number of hydrogen-bond donors (Lipinski definition) is 1. The van der Waals surface area contributed by atoms with Gasteiger partial charge >= 0.3 is 0 Å². The van der Waals surface area contributed by atoms with Crippen LogP contribution in [0.5, 0.6) is 0 Å². The smallest absolute Gasteiger partial charge is 0.210 e. The number of sulfonamides is 1. The fraction of sp³-hybridized carbons (Fsp3) is 0.692. The van der Waals surface area contributed by atoms with Crippen LogP contribution >= 0.6 is 22.9 Å². The molecule has 1 fully saturated rings. The lowest BCUT2D eigenvalue weighted by atomic mass is 9.89. The molecule has 1 saturated carbocycles. The molecule has 0 amide bonds. The zero-order valence-electron chi connectivity index (χ0n) is 11.1. The van der Waals surface area contributed by atoms with Crippen molar-refractivity contribution in [2.45, 2.75) is 48.6 Å². The molecule has 1 aromatic heterocycles. The minimum absolute atomic E-state index is 0.103. The van der Waals surface area contributed by atoms with E-state index in [2.05, 4.69) is 4.72 Å². The first-order chi connectivity index (χ1) is 9.03. The first-order valence-corrected chi connectivity index (χ1v) is 9.49. The Bertz CT molecular complexity index is 512. The molecular formula is C13H20ClNO2S2. The molecule has 2 unspecified atom stereocenters. The van der Waals surface area contributed by atoms with Crippen LogP contribution in [0.4, 0.5) is 0 Å². The van der Waals surface area contributed by atoms with E-state index in [0.717, 1.165) is 37.0 Å². The van der Waals surface area contributed by atoms with Crippen LogP contribution in [0.3, 0.4) is 0 Å². The Morgan fingerprint density at radius 1 is 1.37 bits per heavy atom. The molecule has 3 nitrogen and oxygen atoms in total. The zero-order chi connectivity index (χ0) is 13.9. The molecule has 2 atom stereocenters. The standard InChI is InChI=1S/C13H20ClNO2S2/c1-2-11-7-8-13(18-11)19(16,17)15-9-10-5-3-4-6-12(10)14/h7-8,10,12,15H,2-6,9H2,1H3. The van der Waals surface area contributed by atoms with Gasteiger partial charge in [-0.1, -0.05) is 19.8 Å². The van der Waals surface area contributed by atoms with Gasteiger partial charge in [-0.25, -0.2) is 13.1 Å². The number of rotatable bonds is 5. The third kappa shape index (κ3) is 3.94. The maximum atomic E-state index is 12.2. The van der Waals surface area contributed by atoms with Gasteiger partial charge in [0.05, 0.1) is 0 Å². The average Bonchev–Trinajstić information content (AvgIpc) is 2.87. The van der Waals surface area contributed by atoms with E-state index in [1.807, 2.05) is 13.0 Å². The van der Waals surface area contributed by atoms with Crippen molar-refractivity contribution in [3.05, 3.63) is 17.0 Å². The van der Waals surface area contributed by atoms with Crippen molar-refractivity contribution in [2.75, 3.05) is 6.54 Å². The quantitative estimate of drug-likeness (QED) is 0.845. The number of alkyl halides is 1. The van der Waals surface area contributed by atoms with E-state index < -0.39 is 10.0 Å². The van der Waals surface area contributed by atoms with Crippen molar-refractivity contribution in [3.63, 3.8) is 0 Å². The molecule has 0 radical (unpaired) electrons. The average molecular weight is 322 g/mol. The van der Waals surface area contributed by atoms with Crippen molar-refractivity contribution < 1.29 is 8.42 Å². The summed E-state index contributed by atoms with van der Waals surface area (Å²) in [5, 5.41) is 0.103. The molecule has 108 valence electrons. The summed E-state index contributed by atoms with van der Waals surface area (Å²) in [6.07, 6.45) is 5.18. The first-order valence-electron chi connectivity index (χ1n) is 6.75. The maximum absolute atomic E-state index is 12.2. The summed E-state index contributed by atoms with van der Waals surface area (Å²) in [7, 11) is -3.36. The molecule has 6 heteroatoms. The third-order valence-corrected chi connectivity index (χ3v) is 7.32. The summed E-state index contributed by atoms with van der Waals surface area (Å²) < 4.78 is 27.5. The topological polar surface area (TPSA) is 46.2 Å². The fourth-order valence-corrected chi connectivity index (χ4v) is 5.18. The minimum atomic E-state index is -3.36. The highest BCUT2D eigenvalue weighted by atomic mass is 35.5. The fourth-order valence-electron chi connectivity index (χ4n) is 2.37. The Labute approximate surface area is 124 Å². The normalized spacial score (nSPS) is 24.5. The number of halogens is 1. The van der Waals surface area contributed by atoms with E-state index in [9.17, 15) is 8.42 Å². The SMILES string of the molecule is CCc1ccc(S(=O)(=O)NCC2CCCCC2Cl)s1. The van der Waals surface area contributed by atoms with Gasteiger partial charge < -0.3 is 0 Å². The highest BCUT2D eigenvalue weighted by Crippen LogP contribution is 2.29. The van der Waals surface area contributed by atoms with E-state index >= 15 is 0 Å². The Morgan fingerprint density at radius 3 is 2.74 bits per heavy atom. The largest absolute Gasteiger partial charge is 0.250 e. The Morgan fingerprint density at radius 2 is 2.11 bits per heavy atom. The van der Waals surface area contributed by atoms with Crippen molar-refractivity contribution in [3.8, 4) is 0 Å². The predicted molar refractivity (Wildman–Crippen MR) is 80.5 cm³/mol. The lowest BCUT2D eigenvalue weighted by molar-refractivity contribution is 0.364. The molecule has 1 aliphatic carbocycles. The minimum Gasteiger partial charge on any atom is -0.210 e. The maximum Gasteiger partial charge on any atom is 0.250 e. The first kappa shape index (κ1) is 15.3. The van der Waals surface area contributed by atoms with Crippen molar-refractivity contribution in [1.82, 2.24) is 4.72 Å². The van der Waals surface area contributed by atoms with Crippen LogP contribution in [0.1, 0.15) is 37.5 Å². The number of aryl methyl sites for hydroxylation is 1. The molecule has 19 heavy (non-hydrogen) atoms. The van der Waals surface area contributed by atoms with Crippen molar-refractivity contribution in [2.24, 2.45) is 5.92 Å². The van der Waals surface area contributed by atoms with Crippen molar-refractivity contribution in [1.29, 1.82) is 0 Å². The molecule has 1 N–H and O–H groups in total. The van der Waals surface area contributed by atoms with E-state index in [1.165, 1.54) is 11.3 Å². The summed E-state index contributed by atoms with van der Waals surface area (Å²) in [4.78, 5) is 1.09. The van der Waals surface area contributed by atoms with E-state index in [4.69, 9.17) is 11.6 Å². The van der Waals surface area contributed by atoms with Gasteiger partial charge in [0.25, 0.3) is 0 Å². The molecule has 0 saturated heterocycles. The van der Waals surface area contributed by atoms with Gasteiger partial charge in [-0.05, 0) is 37.3 Å². The van der Waals surface area contributed by atoms with E-state index in [-0.39, 0.29) is 11.3 Å². The Kier molecular flexibility index (Phi) is 5.29. The molecule has 1 aliphatic rings. The molecule has 1 aromatic rings. The third-order valence-electron chi connectivity index (χ3n) is 3.60. The second-order valence-electron chi connectivity index (χ2n) is 4.99. The van der Waals surface area contributed by atoms with Gasteiger partial charge in [-0.2, -0.15) is 0 Å². The zero-order valence-corrected chi connectivity index (χ0v) is 13.5. The number of hydrogen-bond acceptors (Lipinski definition) is 3. The van der Waals surface area contributed by atoms with Gasteiger partial charge in [0.2, 0.25) is 10.0 Å². The molecule has 2 rings (SSSR count). The second-order valence-corrected chi connectivity index (χ2v) is 8.71. The summed E-state index contributed by atoms with van der Waals surface area (Å²) in [6, 6.07) is 3.56. The van der Waals surface area contributed by atoms with Gasteiger partial charge in [-0.3, -0.25) is 0 Å². The Balaban J connectivity index is 1.97. The van der Waals surface area contributed by atoms with Gasteiger partial charge in [0.15, 0.2) is 0 Å². The molecule has 0 bridgehead atoms. The van der Waals surface area contributed by atoms with Crippen molar-refractivity contribution >= 4 is 33.0 Å². The molecule has 1 heterocycles. The highest BCUT2D eigenvalue weighted by molar-refractivity contribution is 7.91. The van der Waals surface area contributed by atoms with Gasteiger partial charge in [0, 0.05) is 16.8 Å². The van der Waals surface area contributed by atoms with Crippen LogP contribution in [0, 0.1) is 5.92 Å². The molecule has 0 spiro atoms. The monoisotopic (exact) mass is 321 g/mol. The van der Waals surface area contributed by atoms with Crippen LogP contribution in [0.15, 0.2) is 16.3 Å². The number of thiophene rings is 1. The van der Waals surface area contributed by atoms with Crippen LogP contribution in [-0.2, 0) is 16.4 Å². The summed E-state index contributed by atoms with van der Waals surface area (Å²) in [5.41, 5.74) is 0. The van der Waals surface area contributed by atoms with Crippen LogP contribution in [0.25, 0.3) is 0 Å². The number of nitrogens with one attached hydrogen (secondary N) is 1. The molecular weight excluding hydrogens is 302 g/mol. The Hall–Kier alpha value is -0.100.